The van der Waals surface area contributed by atoms with Crippen LogP contribution in [-0.4, -0.2) is 11.1 Å². The molecule has 0 bridgehead atoms. The summed E-state index contributed by atoms with van der Waals surface area (Å²) < 4.78 is 19.2. The molecule has 1 aliphatic rings. The van der Waals surface area contributed by atoms with Gasteiger partial charge in [0.25, 0.3) is 0 Å². The summed E-state index contributed by atoms with van der Waals surface area (Å²) >= 11 is 3.52. The lowest BCUT2D eigenvalue weighted by Gasteiger charge is -2.29. The minimum Gasteiger partial charge on any atom is -0.460 e. The van der Waals surface area contributed by atoms with Crippen molar-refractivity contribution in [3.63, 3.8) is 0 Å². The first-order valence-electron chi connectivity index (χ1n) is 6.98. The SMILES string of the molecule is CC(Br)C1=C(c2ccc(F)cc2)C(C=O)c2ccccc2O1. The molecule has 2 unspecified atom stereocenters. The summed E-state index contributed by atoms with van der Waals surface area (Å²) in [4.78, 5) is 11.7. The monoisotopic (exact) mass is 360 g/mol. The van der Waals surface area contributed by atoms with Crippen molar-refractivity contribution < 1.29 is 13.9 Å². The fraction of sp³-hybridized carbons (Fsp3) is 0.167. The van der Waals surface area contributed by atoms with Gasteiger partial charge < -0.3 is 9.53 Å². The molecule has 22 heavy (non-hydrogen) atoms. The van der Waals surface area contributed by atoms with E-state index in [0.29, 0.717) is 11.5 Å². The Morgan fingerprint density at radius 3 is 2.50 bits per heavy atom. The smallest absolute Gasteiger partial charge is 0.132 e. The first kappa shape index (κ1) is 15.0. The Balaban J connectivity index is 2.21. The first-order valence-corrected chi connectivity index (χ1v) is 7.89. The summed E-state index contributed by atoms with van der Waals surface area (Å²) in [5.74, 6) is 0.636. The standard InChI is InChI=1S/C18H14BrFO2/c1-11(19)18-17(12-6-8-13(20)9-7-12)15(10-21)14-4-2-3-5-16(14)22-18/h2-11,15H,1H3. The molecule has 0 aromatic heterocycles. The van der Waals surface area contributed by atoms with E-state index in [4.69, 9.17) is 4.74 Å². The Bertz CT molecular complexity index is 735. The number of fused-ring (bicyclic) bond motifs is 1. The van der Waals surface area contributed by atoms with Crippen LogP contribution >= 0.6 is 15.9 Å². The minimum atomic E-state index is -0.426. The van der Waals surface area contributed by atoms with Crippen LogP contribution in [0.25, 0.3) is 5.57 Å². The minimum absolute atomic E-state index is 0.0663. The Hall–Kier alpha value is -1.94. The van der Waals surface area contributed by atoms with Crippen molar-refractivity contribution >= 4 is 27.8 Å². The van der Waals surface area contributed by atoms with Crippen molar-refractivity contribution in [2.24, 2.45) is 0 Å². The van der Waals surface area contributed by atoms with Crippen LogP contribution in [-0.2, 0) is 4.79 Å². The van der Waals surface area contributed by atoms with E-state index >= 15 is 0 Å². The number of rotatable bonds is 3. The number of para-hydroxylation sites is 1. The molecule has 0 saturated heterocycles. The largest absolute Gasteiger partial charge is 0.460 e. The van der Waals surface area contributed by atoms with E-state index < -0.39 is 5.92 Å². The third-order valence-corrected chi connectivity index (χ3v) is 4.12. The molecule has 1 heterocycles. The number of carbonyl (C=O) groups excluding carboxylic acids is 1. The van der Waals surface area contributed by atoms with E-state index in [-0.39, 0.29) is 10.6 Å². The molecule has 0 aliphatic carbocycles. The Morgan fingerprint density at radius 1 is 1.18 bits per heavy atom. The topological polar surface area (TPSA) is 26.3 Å². The van der Waals surface area contributed by atoms with Gasteiger partial charge in [-0.2, -0.15) is 0 Å². The van der Waals surface area contributed by atoms with Crippen molar-refractivity contribution in [3.8, 4) is 5.75 Å². The second-order valence-corrected chi connectivity index (χ2v) is 6.53. The van der Waals surface area contributed by atoms with Gasteiger partial charge in [0.2, 0.25) is 0 Å². The second-order valence-electron chi connectivity index (χ2n) is 5.15. The number of halogens is 2. The Labute approximate surface area is 136 Å². The molecule has 2 atom stereocenters. The third kappa shape index (κ3) is 2.59. The van der Waals surface area contributed by atoms with Crippen LogP contribution in [0.4, 0.5) is 4.39 Å². The van der Waals surface area contributed by atoms with Gasteiger partial charge in [-0.1, -0.05) is 46.3 Å². The number of benzene rings is 2. The van der Waals surface area contributed by atoms with Crippen LogP contribution in [0.2, 0.25) is 0 Å². The molecule has 0 radical (unpaired) electrons. The van der Waals surface area contributed by atoms with E-state index in [9.17, 15) is 9.18 Å². The summed E-state index contributed by atoms with van der Waals surface area (Å²) in [6, 6.07) is 13.6. The predicted molar refractivity (Wildman–Crippen MR) is 87.6 cm³/mol. The molecular weight excluding hydrogens is 347 g/mol. The summed E-state index contributed by atoms with van der Waals surface area (Å²) in [5, 5.41) is 0. The van der Waals surface area contributed by atoms with Crippen molar-refractivity contribution in [2.75, 3.05) is 0 Å². The van der Waals surface area contributed by atoms with E-state index in [1.165, 1.54) is 12.1 Å². The van der Waals surface area contributed by atoms with Crippen LogP contribution in [0.15, 0.2) is 54.3 Å². The molecule has 0 saturated carbocycles. The molecule has 2 aromatic rings. The highest BCUT2D eigenvalue weighted by molar-refractivity contribution is 9.09. The van der Waals surface area contributed by atoms with E-state index in [1.807, 2.05) is 31.2 Å². The van der Waals surface area contributed by atoms with Crippen molar-refractivity contribution in [1.29, 1.82) is 0 Å². The lowest BCUT2D eigenvalue weighted by molar-refractivity contribution is -0.108. The highest BCUT2D eigenvalue weighted by Gasteiger charge is 2.31. The quantitative estimate of drug-likeness (QED) is 0.585. The molecule has 1 aliphatic heterocycles. The maximum Gasteiger partial charge on any atom is 0.132 e. The van der Waals surface area contributed by atoms with Gasteiger partial charge in [-0.25, -0.2) is 4.39 Å². The zero-order chi connectivity index (χ0) is 15.7. The van der Waals surface area contributed by atoms with Crippen LogP contribution in [0.3, 0.4) is 0 Å². The number of hydrogen-bond acceptors (Lipinski definition) is 2. The molecule has 0 N–H and O–H groups in total. The number of allylic oxidation sites excluding steroid dienone is 2. The summed E-state index contributed by atoms with van der Waals surface area (Å²) in [7, 11) is 0. The van der Waals surface area contributed by atoms with Gasteiger partial charge in [0.1, 0.15) is 23.6 Å². The molecule has 4 heteroatoms. The Morgan fingerprint density at radius 2 is 1.86 bits per heavy atom. The summed E-state index contributed by atoms with van der Waals surface area (Å²) in [6.07, 6.45) is 0.912. The van der Waals surface area contributed by atoms with Crippen LogP contribution in [0.5, 0.6) is 5.75 Å². The number of alkyl halides is 1. The molecule has 0 fully saturated rings. The van der Waals surface area contributed by atoms with Crippen molar-refractivity contribution in [2.45, 2.75) is 17.7 Å². The molecule has 0 spiro atoms. The average Bonchev–Trinajstić information content (AvgIpc) is 2.53. The lowest BCUT2D eigenvalue weighted by Crippen LogP contribution is -2.20. The van der Waals surface area contributed by atoms with E-state index in [2.05, 4.69) is 15.9 Å². The Kier molecular flexibility index (Phi) is 4.12. The number of hydrogen-bond donors (Lipinski definition) is 0. The van der Waals surface area contributed by atoms with Gasteiger partial charge in [-0.05, 0) is 30.7 Å². The van der Waals surface area contributed by atoms with E-state index in [1.54, 1.807) is 12.1 Å². The zero-order valence-corrected chi connectivity index (χ0v) is 13.5. The third-order valence-electron chi connectivity index (χ3n) is 3.70. The van der Waals surface area contributed by atoms with Gasteiger partial charge in [0, 0.05) is 11.1 Å². The summed E-state index contributed by atoms with van der Waals surface area (Å²) in [6.45, 7) is 1.94. The highest BCUT2D eigenvalue weighted by Crippen LogP contribution is 2.44. The average molecular weight is 361 g/mol. The van der Waals surface area contributed by atoms with Crippen molar-refractivity contribution in [1.82, 2.24) is 0 Å². The maximum atomic E-state index is 13.2. The number of aldehydes is 1. The highest BCUT2D eigenvalue weighted by atomic mass is 79.9. The molecule has 112 valence electrons. The molecule has 2 nitrogen and oxygen atoms in total. The fourth-order valence-corrected chi connectivity index (χ4v) is 3.04. The number of carbonyl (C=O) groups is 1. The molecule has 3 rings (SSSR count). The molecular formula is C18H14BrFO2. The van der Waals surface area contributed by atoms with Gasteiger partial charge in [0.05, 0.1) is 10.7 Å². The lowest BCUT2D eigenvalue weighted by atomic mass is 9.84. The normalized spacial score (nSPS) is 18.4. The van der Waals surface area contributed by atoms with Crippen LogP contribution in [0, 0.1) is 5.82 Å². The maximum absolute atomic E-state index is 13.2. The van der Waals surface area contributed by atoms with Gasteiger partial charge in [0.15, 0.2) is 0 Å². The second kappa shape index (κ2) is 6.05. The molecule has 0 amide bonds. The van der Waals surface area contributed by atoms with Gasteiger partial charge in [-0.3, -0.25) is 0 Å². The summed E-state index contributed by atoms with van der Waals surface area (Å²) in [5.41, 5.74) is 2.39. The predicted octanol–water partition coefficient (Wildman–Crippen LogP) is 4.70. The van der Waals surface area contributed by atoms with Gasteiger partial charge in [-0.15, -0.1) is 0 Å². The zero-order valence-electron chi connectivity index (χ0n) is 11.9. The number of ether oxygens (including phenoxy) is 1. The molecule has 2 aromatic carbocycles. The fourth-order valence-electron chi connectivity index (χ4n) is 2.70. The van der Waals surface area contributed by atoms with Crippen LogP contribution in [0.1, 0.15) is 24.0 Å². The van der Waals surface area contributed by atoms with Gasteiger partial charge >= 0.3 is 0 Å². The van der Waals surface area contributed by atoms with E-state index in [0.717, 1.165) is 23.0 Å². The van der Waals surface area contributed by atoms with Crippen LogP contribution < -0.4 is 4.74 Å². The first-order chi connectivity index (χ1) is 10.6. The van der Waals surface area contributed by atoms with Crippen molar-refractivity contribution in [3.05, 3.63) is 71.2 Å².